The average Bonchev–Trinajstić information content (AvgIpc) is 2.32. The molecule has 0 fully saturated rings. The third-order valence-corrected chi connectivity index (χ3v) is 2.78. The highest BCUT2D eigenvalue weighted by atomic mass is 35.5. The van der Waals surface area contributed by atoms with Gasteiger partial charge in [0, 0.05) is 16.9 Å². The Kier molecular flexibility index (Phi) is 3.42. The highest BCUT2D eigenvalue weighted by Crippen LogP contribution is 2.20. The Morgan fingerprint density at radius 1 is 1.25 bits per heavy atom. The minimum absolute atomic E-state index is 0.709. The van der Waals surface area contributed by atoms with E-state index in [-0.39, 0.29) is 0 Å². The molecule has 1 N–H and O–H groups in total. The van der Waals surface area contributed by atoms with Gasteiger partial charge in [0.1, 0.15) is 0 Å². The zero-order valence-electron chi connectivity index (χ0n) is 9.07. The molecule has 0 aliphatic rings. The predicted molar refractivity (Wildman–Crippen MR) is 67.8 cm³/mol. The largest absolute Gasteiger partial charge is 0.379 e. The summed E-state index contributed by atoms with van der Waals surface area (Å²) >= 11 is 6.04. The molecule has 2 rings (SSSR count). The maximum atomic E-state index is 6.04. The molecule has 0 spiro atoms. The number of rotatable bonds is 3. The number of nitrogens with one attached hydrogen (secondary N) is 1. The number of aromatic nitrogens is 1. The van der Waals surface area contributed by atoms with Gasteiger partial charge in [0.15, 0.2) is 0 Å². The van der Waals surface area contributed by atoms with Gasteiger partial charge in [-0.3, -0.25) is 4.98 Å². The van der Waals surface area contributed by atoms with Crippen LogP contribution < -0.4 is 5.32 Å². The summed E-state index contributed by atoms with van der Waals surface area (Å²) < 4.78 is 0. The minimum Gasteiger partial charge on any atom is -0.379 e. The molecule has 0 atom stereocenters. The molecule has 2 aromatic rings. The molecule has 0 bridgehead atoms. The molecule has 0 amide bonds. The molecule has 0 saturated heterocycles. The van der Waals surface area contributed by atoms with Crippen molar-refractivity contribution in [3.8, 4) is 0 Å². The van der Waals surface area contributed by atoms with Crippen molar-refractivity contribution in [1.29, 1.82) is 0 Å². The Bertz CT molecular complexity index is 469. The molecule has 82 valence electrons. The number of benzene rings is 1. The second-order valence-corrected chi connectivity index (χ2v) is 4.05. The molecule has 0 saturated carbocycles. The fourth-order valence-corrected chi connectivity index (χ4v) is 1.58. The number of aryl methyl sites for hydroxylation is 1. The van der Waals surface area contributed by atoms with E-state index in [0.717, 1.165) is 22.0 Å². The van der Waals surface area contributed by atoms with E-state index in [0.29, 0.717) is 6.54 Å². The summed E-state index contributed by atoms with van der Waals surface area (Å²) in [7, 11) is 0. The quantitative estimate of drug-likeness (QED) is 0.874. The van der Waals surface area contributed by atoms with Crippen LogP contribution in [0.1, 0.15) is 11.3 Å². The molecule has 0 aliphatic heterocycles. The van der Waals surface area contributed by atoms with E-state index in [1.165, 1.54) is 0 Å². The van der Waals surface area contributed by atoms with E-state index in [2.05, 4.69) is 10.3 Å². The topological polar surface area (TPSA) is 24.9 Å². The van der Waals surface area contributed by atoms with Crippen molar-refractivity contribution in [3.05, 3.63) is 58.9 Å². The highest BCUT2D eigenvalue weighted by molar-refractivity contribution is 6.31. The predicted octanol–water partition coefficient (Wildman–Crippen LogP) is 3.66. The van der Waals surface area contributed by atoms with Crippen molar-refractivity contribution in [2.45, 2.75) is 13.5 Å². The van der Waals surface area contributed by atoms with E-state index >= 15 is 0 Å². The van der Waals surface area contributed by atoms with E-state index < -0.39 is 0 Å². The normalized spacial score (nSPS) is 10.1. The second-order valence-electron chi connectivity index (χ2n) is 3.64. The average molecular weight is 233 g/mol. The SMILES string of the molecule is Cc1ccc(NCc2ccccn2)cc1Cl. The summed E-state index contributed by atoms with van der Waals surface area (Å²) in [4.78, 5) is 4.24. The van der Waals surface area contributed by atoms with Crippen LogP contribution in [0.4, 0.5) is 5.69 Å². The summed E-state index contributed by atoms with van der Waals surface area (Å²) in [5.41, 5.74) is 3.12. The molecular weight excluding hydrogens is 220 g/mol. The van der Waals surface area contributed by atoms with Gasteiger partial charge in [0.2, 0.25) is 0 Å². The molecule has 3 heteroatoms. The van der Waals surface area contributed by atoms with Gasteiger partial charge in [-0.25, -0.2) is 0 Å². The van der Waals surface area contributed by atoms with E-state index in [9.17, 15) is 0 Å². The number of nitrogens with zero attached hydrogens (tertiary/aromatic N) is 1. The van der Waals surface area contributed by atoms with Crippen LogP contribution in [0.2, 0.25) is 5.02 Å². The summed E-state index contributed by atoms with van der Waals surface area (Å²) in [6.07, 6.45) is 1.79. The first-order valence-corrected chi connectivity index (χ1v) is 5.53. The Hall–Kier alpha value is -1.54. The smallest absolute Gasteiger partial charge is 0.0594 e. The van der Waals surface area contributed by atoms with Crippen LogP contribution in [-0.2, 0) is 6.54 Å². The summed E-state index contributed by atoms with van der Waals surface area (Å²) in [5, 5.41) is 4.07. The van der Waals surface area contributed by atoms with E-state index in [1.54, 1.807) is 6.20 Å². The molecule has 1 aromatic carbocycles. The van der Waals surface area contributed by atoms with Crippen molar-refractivity contribution >= 4 is 17.3 Å². The Balaban J connectivity index is 2.03. The maximum Gasteiger partial charge on any atom is 0.0594 e. The second kappa shape index (κ2) is 4.99. The molecule has 2 nitrogen and oxygen atoms in total. The van der Waals surface area contributed by atoms with Gasteiger partial charge in [0.05, 0.1) is 12.2 Å². The third kappa shape index (κ3) is 2.74. The van der Waals surface area contributed by atoms with Gasteiger partial charge < -0.3 is 5.32 Å². The van der Waals surface area contributed by atoms with Gasteiger partial charge >= 0.3 is 0 Å². The standard InChI is InChI=1S/C13H13ClN2/c1-10-5-6-11(8-13(10)14)16-9-12-4-2-3-7-15-12/h2-8,16H,9H2,1H3. The van der Waals surface area contributed by atoms with Crippen molar-refractivity contribution < 1.29 is 0 Å². The Morgan fingerprint density at radius 2 is 2.12 bits per heavy atom. The fraction of sp³-hybridized carbons (Fsp3) is 0.154. The van der Waals surface area contributed by atoms with Crippen LogP contribution in [0.25, 0.3) is 0 Å². The summed E-state index contributed by atoms with van der Waals surface area (Å²) in [5.74, 6) is 0. The number of hydrogen-bond acceptors (Lipinski definition) is 2. The van der Waals surface area contributed by atoms with E-state index in [4.69, 9.17) is 11.6 Å². The van der Waals surface area contributed by atoms with Crippen LogP contribution in [0.3, 0.4) is 0 Å². The molecule has 16 heavy (non-hydrogen) atoms. The lowest BCUT2D eigenvalue weighted by Crippen LogP contribution is -2.00. The highest BCUT2D eigenvalue weighted by Gasteiger charge is 1.98. The lowest BCUT2D eigenvalue weighted by atomic mass is 10.2. The van der Waals surface area contributed by atoms with Crippen molar-refractivity contribution in [1.82, 2.24) is 4.98 Å². The summed E-state index contributed by atoms with van der Waals surface area (Å²) in [6, 6.07) is 11.8. The molecular formula is C13H13ClN2. The van der Waals surface area contributed by atoms with Gasteiger partial charge in [0.25, 0.3) is 0 Å². The first-order valence-electron chi connectivity index (χ1n) is 5.15. The Labute approximate surface area is 100 Å². The first kappa shape index (κ1) is 11.0. The van der Waals surface area contributed by atoms with Crippen LogP contribution in [0, 0.1) is 6.92 Å². The van der Waals surface area contributed by atoms with Gasteiger partial charge in [-0.15, -0.1) is 0 Å². The molecule has 0 unspecified atom stereocenters. The van der Waals surface area contributed by atoms with Crippen LogP contribution in [-0.4, -0.2) is 4.98 Å². The minimum atomic E-state index is 0.709. The van der Waals surface area contributed by atoms with Crippen molar-refractivity contribution in [2.75, 3.05) is 5.32 Å². The zero-order valence-corrected chi connectivity index (χ0v) is 9.83. The van der Waals surface area contributed by atoms with Gasteiger partial charge in [-0.05, 0) is 36.8 Å². The molecule has 1 aromatic heterocycles. The fourth-order valence-electron chi connectivity index (χ4n) is 1.40. The number of halogens is 1. The number of anilines is 1. The van der Waals surface area contributed by atoms with Crippen molar-refractivity contribution in [2.24, 2.45) is 0 Å². The molecule has 0 aliphatic carbocycles. The first-order chi connectivity index (χ1) is 7.75. The maximum absolute atomic E-state index is 6.04. The Morgan fingerprint density at radius 3 is 2.81 bits per heavy atom. The number of pyridine rings is 1. The van der Waals surface area contributed by atoms with E-state index in [1.807, 2.05) is 43.3 Å². The van der Waals surface area contributed by atoms with Crippen LogP contribution in [0.5, 0.6) is 0 Å². The molecule has 0 radical (unpaired) electrons. The molecule has 1 heterocycles. The number of hydrogen-bond donors (Lipinski definition) is 1. The van der Waals surface area contributed by atoms with Crippen LogP contribution in [0.15, 0.2) is 42.6 Å². The summed E-state index contributed by atoms with van der Waals surface area (Å²) in [6.45, 7) is 2.70. The lowest BCUT2D eigenvalue weighted by molar-refractivity contribution is 1.05. The van der Waals surface area contributed by atoms with Gasteiger partial charge in [-0.1, -0.05) is 23.7 Å². The van der Waals surface area contributed by atoms with Crippen LogP contribution >= 0.6 is 11.6 Å². The monoisotopic (exact) mass is 232 g/mol. The third-order valence-electron chi connectivity index (χ3n) is 2.37. The van der Waals surface area contributed by atoms with Gasteiger partial charge in [-0.2, -0.15) is 0 Å². The lowest BCUT2D eigenvalue weighted by Gasteiger charge is -2.07. The zero-order chi connectivity index (χ0) is 11.4. The van der Waals surface area contributed by atoms with Crippen molar-refractivity contribution in [3.63, 3.8) is 0 Å².